The highest BCUT2D eigenvalue weighted by molar-refractivity contribution is 5.77. The Morgan fingerprint density at radius 1 is 1.24 bits per heavy atom. The number of hydrogen-bond donors (Lipinski definition) is 1. The highest BCUT2D eigenvalue weighted by Crippen LogP contribution is 2.24. The lowest BCUT2D eigenvalue weighted by molar-refractivity contribution is -0.122. The molecule has 8 nitrogen and oxygen atoms in total. The predicted octanol–water partition coefficient (Wildman–Crippen LogP) is 1.99. The van der Waals surface area contributed by atoms with Crippen molar-refractivity contribution in [3.63, 3.8) is 0 Å². The quantitative estimate of drug-likeness (QED) is 0.707. The zero-order valence-electron chi connectivity index (χ0n) is 14.1. The number of likely N-dealkylation sites (N-methyl/N-ethyl adjacent to an activating group) is 1. The van der Waals surface area contributed by atoms with Gasteiger partial charge in [0.2, 0.25) is 5.88 Å². The van der Waals surface area contributed by atoms with Gasteiger partial charge in [-0.3, -0.25) is 4.79 Å². The Morgan fingerprint density at radius 3 is 2.72 bits per heavy atom. The molecular weight excluding hydrogens is 322 g/mol. The first-order valence-corrected chi connectivity index (χ1v) is 8.00. The average molecular weight is 341 g/mol. The van der Waals surface area contributed by atoms with Crippen molar-refractivity contribution >= 4 is 11.7 Å². The van der Waals surface area contributed by atoms with Crippen LogP contribution >= 0.6 is 0 Å². The fraction of sp³-hybridized carbons (Fsp3) is 0.294. The van der Waals surface area contributed by atoms with Gasteiger partial charge >= 0.3 is 0 Å². The van der Waals surface area contributed by atoms with Gasteiger partial charge in [-0.2, -0.15) is 14.6 Å². The molecule has 0 bridgehead atoms. The van der Waals surface area contributed by atoms with E-state index in [1.807, 2.05) is 6.07 Å². The Kier molecular flexibility index (Phi) is 5.08. The number of nitrogens with zero attached hydrogens (tertiary/aromatic N) is 4. The fourth-order valence-corrected chi connectivity index (χ4v) is 2.23. The van der Waals surface area contributed by atoms with E-state index in [1.54, 1.807) is 35.8 Å². The third kappa shape index (κ3) is 4.03. The molecule has 3 rings (SSSR count). The largest absolute Gasteiger partial charge is 0.484 e. The number of aromatic nitrogens is 4. The standard InChI is InChI=1S/C17H19N5O3/c1-3-4-12-9-16(22-17(21-12)19-11-20-22)25-14-7-5-13(6-8-14)24-10-15(23)18-2/h5-9,11H,3-4,10H2,1-2H3,(H,18,23). The Labute approximate surface area is 144 Å². The van der Waals surface area contributed by atoms with E-state index in [4.69, 9.17) is 9.47 Å². The molecule has 8 heteroatoms. The third-order valence-electron chi connectivity index (χ3n) is 3.47. The second kappa shape index (κ2) is 7.61. The monoisotopic (exact) mass is 341 g/mol. The van der Waals surface area contributed by atoms with Crippen LogP contribution in [0.15, 0.2) is 36.7 Å². The maximum Gasteiger partial charge on any atom is 0.257 e. The summed E-state index contributed by atoms with van der Waals surface area (Å²) in [6.07, 6.45) is 3.26. The summed E-state index contributed by atoms with van der Waals surface area (Å²) in [7, 11) is 1.56. The van der Waals surface area contributed by atoms with Crippen molar-refractivity contribution in [3.8, 4) is 17.4 Å². The highest BCUT2D eigenvalue weighted by Gasteiger charge is 2.10. The van der Waals surface area contributed by atoms with Gasteiger partial charge in [0.1, 0.15) is 17.8 Å². The molecule has 0 aliphatic carbocycles. The molecule has 0 radical (unpaired) electrons. The molecule has 0 saturated carbocycles. The predicted molar refractivity (Wildman–Crippen MR) is 90.9 cm³/mol. The smallest absolute Gasteiger partial charge is 0.257 e. The van der Waals surface area contributed by atoms with Crippen molar-refractivity contribution in [2.24, 2.45) is 0 Å². The van der Waals surface area contributed by atoms with Crippen LogP contribution < -0.4 is 14.8 Å². The number of fused-ring (bicyclic) bond motifs is 1. The average Bonchev–Trinajstić information content (AvgIpc) is 3.10. The van der Waals surface area contributed by atoms with E-state index in [-0.39, 0.29) is 12.5 Å². The minimum Gasteiger partial charge on any atom is -0.484 e. The topological polar surface area (TPSA) is 90.6 Å². The maximum atomic E-state index is 11.2. The Bertz CT molecular complexity index is 860. The molecule has 25 heavy (non-hydrogen) atoms. The van der Waals surface area contributed by atoms with E-state index in [0.717, 1.165) is 18.5 Å². The van der Waals surface area contributed by atoms with Crippen LogP contribution in [0.4, 0.5) is 0 Å². The molecule has 0 spiro atoms. The molecule has 0 atom stereocenters. The summed E-state index contributed by atoms with van der Waals surface area (Å²) in [5.41, 5.74) is 0.906. The van der Waals surface area contributed by atoms with Gasteiger partial charge in [-0.25, -0.2) is 4.98 Å². The summed E-state index contributed by atoms with van der Waals surface area (Å²) in [5.74, 6) is 2.08. The van der Waals surface area contributed by atoms with E-state index >= 15 is 0 Å². The summed E-state index contributed by atoms with van der Waals surface area (Å²) in [6, 6.07) is 8.88. The zero-order chi connectivity index (χ0) is 17.6. The second-order valence-corrected chi connectivity index (χ2v) is 5.34. The Morgan fingerprint density at radius 2 is 2.00 bits per heavy atom. The summed E-state index contributed by atoms with van der Waals surface area (Å²) in [6.45, 7) is 2.06. The molecule has 0 saturated heterocycles. The number of ether oxygens (including phenoxy) is 2. The molecule has 3 aromatic rings. The minimum absolute atomic E-state index is 0.0268. The molecule has 2 heterocycles. The zero-order valence-corrected chi connectivity index (χ0v) is 14.1. The lowest BCUT2D eigenvalue weighted by atomic mass is 10.2. The molecular formula is C17H19N5O3. The third-order valence-corrected chi connectivity index (χ3v) is 3.47. The van der Waals surface area contributed by atoms with E-state index < -0.39 is 0 Å². The summed E-state index contributed by atoms with van der Waals surface area (Å²) < 4.78 is 12.8. The molecule has 0 aliphatic heterocycles. The Hall–Kier alpha value is -3.16. The van der Waals surface area contributed by atoms with E-state index in [9.17, 15) is 4.79 Å². The Balaban J connectivity index is 1.76. The van der Waals surface area contributed by atoms with E-state index in [0.29, 0.717) is 23.2 Å². The van der Waals surface area contributed by atoms with Gasteiger partial charge in [-0.1, -0.05) is 13.3 Å². The fourth-order valence-electron chi connectivity index (χ4n) is 2.23. The lowest BCUT2D eigenvalue weighted by Crippen LogP contribution is -2.24. The first-order valence-electron chi connectivity index (χ1n) is 8.00. The maximum absolute atomic E-state index is 11.2. The van der Waals surface area contributed by atoms with Gasteiger partial charge in [0.25, 0.3) is 11.7 Å². The van der Waals surface area contributed by atoms with Crippen LogP contribution in [0.1, 0.15) is 19.0 Å². The lowest BCUT2D eigenvalue weighted by Gasteiger charge is -2.10. The normalized spacial score (nSPS) is 10.6. The van der Waals surface area contributed by atoms with Crippen molar-refractivity contribution in [2.75, 3.05) is 13.7 Å². The molecule has 0 unspecified atom stereocenters. The summed E-state index contributed by atoms with van der Waals surface area (Å²) >= 11 is 0. The number of hydrogen-bond acceptors (Lipinski definition) is 6. The van der Waals surface area contributed by atoms with Crippen molar-refractivity contribution in [3.05, 3.63) is 42.4 Å². The molecule has 2 aromatic heterocycles. The number of rotatable bonds is 7. The molecule has 0 fully saturated rings. The summed E-state index contributed by atoms with van der Waals surface area (Å²) in [5, 5.41) is 6.64. The highest BCUT2D eigenvalue weighted by atomic mass is 16.5. The van der Waals surface area contributed by atoms with E-state index in [1.165, 1.54) is 6.33 Å². The van der Waals surface area contributed by atoms with Gasteiger partial charge in [0.05, 0.1) is 0 Å². The van der Waals surface area contributed by atoms with Crippen molar-refractivity contribution in [1.82, 2.24) is 24.9 Å². The number of benzene rings is 1. The summed E-state index contributed by atoms with van der Waals surface area (Å²) in [4.78, 5) is 19.8. The van der Waals surface area contributed by atoms with Crippen molar-refractivity contribution < 1.29 is 14.3 Å². The van der Waals surface area contributed by atoms with Crippen molar-refractivity contribution in [2.45, 2.75) is 19.8 Å². The number of amides is 1. The molecule has 1 aromatic carbocycles. The molecule has 0 aliphatic rings. The molecule has 1 amide bonds. The van der Waals surface area contributed by atoms with Crippen LogP contribution in [0.5, 0.6) is 17.4 Å². The number of carbonyl (C=O) groups excluding carboxylic acids is 1. The van der Waals surface area contributed by atoms with Crippen LogP contribution in [0.25, 0.3) is 5.78 Å². The van der Waals surface area contributed by atoms with Gasteiger partial charge in [-0.15, -0.1) is 0 Å². The van der Waals surface area contributed by atoms with Gasteiger partial charge in [0.15, 0.2) is 6.61 Å². The first-order chi connectivity index (χ1) is 12.2. The van der Waals surface area contributed by atoms with Gasteiger partial charge in [-0.05, 0) is 30.7 Å². The SMILES string of the molecule is CCCc1cc(Oc2ccc(OCC(=O)NC)cc2)n2ncnc2n1. The van der Waals surface area contributed by atoms with Crippen LogP contribution in [0.3, 0.4) is 0 Å². The van der Waals surface area contributed by atoms with Crippen LogP contribution in [-0.2, 0) is 11.2 Å². The van der Waals surface area contributed by atoms with E-state index in [2.05, 4.69) is 27.3 Å². The molecule has 1 N–H and O–H groups in total. The van der Waals surface area contributed by atoms with Crippen molar-refractivity contribution in [1.29, 1.82) is 0 Å². The number of nitrogens with one attached hydrogen (secondary N) is 1. The van der Waals surface area contributed by atoms with Gasteiger partial charge in [0, 0.05) is 18.8 Å². The number of aryl methyl sites for hydroxylation is 1. The van der Waals surface area contributed by atoms with Gasteiger partial charge < -0.3 is 14.8 Å². The van der Waals surface area contributed by atoms with Crippen LogP contribution in [0.2, 0.25) is 0 Å². The second-order valence-electron chi connectivity index (χ2n) is 5.34. The molecule has 130 valence electrons. The number of carbonyl (C=O) groups is 1. The minimum atomic E-state index is -0.186. The van der Waals surface area contributed by atoms with Crippen LogP contribution in [0, 0.1) is 0 Å². The van der Waals surface area contributed by atoms with Crippen LogP contribution in [-0.4, -0.2) is 39.1 Å². The first kappa shape index (κ1) is 16.7.